The lowest BCUT2D eigenvalue weighted by Gasteiger charge is -2.23. The van der Waals surface area contributed by atoms with E-state index in [4.69, 9.17) is 14.2 Å². The third kappa shape index (κ3) is 2.92. The third-order valence-electron chi connectivity index (χ3n) is 5.57. The highest BCUT2D eigenvalue weighted by atomic mass is 16.5. The van der Waals surface area contributed by atoms with Gasteiger partial charge in [-0.3, -0.25) is 0 Å². The Morgan fingerprint density at radius 2 is 1.78 bits per heavy atom. The van der Waals surface area contributed by atoms with Gasteiger partial charge < -0.3 is 24.5 Å². The molecule has 0 saturated heterocycles. The minimum Gasteiger partial charge on any atom is -0.493 e. The number of hydrogen-bond donors (Lipinski definition) is 2. The minimum absolute atomic E-state index is 0.180. The Morgan fingerprint density at radius 1 is 1.04 bits per heavy atom. The fourth-order valence-corrected chi connectivity index (χ4v) is 4.17. The van der Waals surface area contributed by atoms with Crippen LogP contribution in [0.2, 0.25) is 0 Å². The summed E-state index contributed by atoms with van der Waals surface area (Å²) in [5.74, 6) is 2.01. The zero-order chi connectivity index (χ0) is 19.0. The van der Waals surface area contributed by atoms with Gasteiger partial charge in [-0.15, -0.1) is 0 Å². The van der Waals surface area contributed by atoms with Crippen LogP contribution in [0.15, 0.2) is 30.3 Å². The molecule has 3 aromatic rings. The minimum atomic E-state index is 0.180. The molecule has 0 aliphatic carbocycles. The van der Waals surface area contributed by atoms with Crippen molar-refractivity contribution in [3.8, 4) is 17.2 Å². The monoisotopic (exact) mass is 367 g/mol. The van der Waals surface area contributed by atoms with E-state index in [0.29, 0.717) is 17.2 Å². The Labute approximate surface area is 159 Å². The average Bonchev–Trinajstić information content (AvgIpc) is 3.10. The van der Waals surface area contributed by atoms with Crippen molar-refractivity contribution in [3.05, 3.63) is 52.7 Å². The second kappa shape index (κ2) is 7.16. The van der Waals surface area contributed by atoms with Crippen LogP contribution in [0.25, 0.3) is 10.9 Å². The average molecular weight is 367 g/mol. The Kier molecular flexibility index (Phi) is 4.70. The van der Waals surface area contributed by atoms with E-state index in [-0.39, 0.29) is 6.04 Å². The number of benzene rings is 2. The highest BCUT2D eigenvalue weighted by molar-refractivity contribution is 5.86. The first-order valence-corrected chi connectivity index (χ1v) is 9.46. The topological polar surface area (TPSA) is 60.1 Å². The molecular weight excluding hydrogens is 340 g/mol. The van der Waals surface area contributed by atoms with Crippen molar-refractivity contribution < 1.29 is 19.5 Å². The summed E-state index contributed by atoms with van der Waals surface area (Å²) in [5, 5.41) is 3.73. The van der Waals surface area contributed by atoms with Gasteiger partial charge in [-0.05, 0) is 41.8 Å². The van der Waals surface area contributed by atoms with E-state index in [1.54, 1.807) is 21.3 Å². The first-order chi connectivity index (χ1) is 13.2. The van der Waals surface area contributed by atoms with Crippen LogP contribution >= 0.6 is 0 Å². The summed E-state index contributed by atoms with van der Waals surface area (Å²) in [5.41, 5.74) is 6.45. The molecule has 0 amide bonds. The summed E-state index contributed by atoms with van der Waals surface area (Å²) >= 11 is 0. The third-order valence-corrected chi connectivity index (χ3v) is 5.57. The fraction of sp³-hybridized carbons (Fsp3) is 0.364. The van der Waals surface area contributed by atoms with E-state index in [2.05, 4.69) is 47.6 Å². The molecule has 142 valence electrons. The van der Waals surface area contributed by atoms with Gasteiger partial charge in [0, 0.05) is 22.9 Å². The summed E-state index contributed by atoms with van der Waals surface area (Å²) in [6, 6.07) is 11.0. The van der Waals surface area contributed by atoms with E-state index in [0.717, 1.165) is 24.9 Å². The number of quaternary nitrogens is 1. The van der Waals surface area contributed by atoms with Crippen LogP contribution in [0.5, 0.6) is 17.2 Å². The number of H-pyrrole nitrogens is 1. The summed E-state index contributed by atoms with van der Waals surface area (Å²) in [4.78, 5) is 3.68. The number of aryl methyl sites for hydroxylation is 1. The summed E-state index contributed by atoms with van der Waals surface area (Å²) in [7, 11) is 4.95. The van der Waals surface area contributed by atoms with Crippen LogP contribution in [0.3, 0.4) is 0 Å². The number of fused-ring (bicyclic) bond motifs is 3. The number of methoxy groups -OCH3 is 3. The number of rotatable bonds is 5. The molecular formula is C22H27N2O3+. The highest BCUT2D eigenvalue weighted by Gasteiger charge is 2.30. The van der Waals surface area contributed by atoms with Crippen molar-refractivity contribution >= 4 is 10.9 Å². The fourth-order valence-electron chi connectivity index (χ4n) is 4.17. The first-order valence-electron chi connectivity index (χ1n) is 9.46. The van der Waals surface area contributed by atoms with E-state index in [1.807, 2.05) is 0 Å². The van der Waals surface area contributed by atoms with Crippen LogP contribution in [-0.2, 0) is 12.8 Å². The molecule has 4 rings (SSSR count). The quantitative estimate of drug-likeness (QED) is 0.729. The van der Waals surface area contributed by atoms with E-state index >= 15 is 0 Å². The molecule has 1 aliphatic rings. The molecule has 0 saturated carbocycles. The molecule has 0 unspecified atom stereocenters. The van der Waals surface area contributed by atoms with Crippen molar-refractivity contribution in [1.29, 1.82) is 0 Å². The van der Waals surface area contributed by atoms with Gasteiger partial charge in [0.15, 0.2) is 17.5 Å². The molecule has 0 spiro atoms. The number of nitrogens with one attached hydrogen (secondary N) is 1. The summed E-state index contributed by atoms with van der Waals surface area (Å²) in [6.07, 6.45) is 2.13. The zero-order valence-electron chi connectivity index (χ0n) is 16.4. The van der Waals surface area contributed by atoms with E-state index in [9.17, 15) is 0 Å². The van der Waals surface area contributed by atoms with Crippen LogP contribution in [0.1, 0.15) is 35.3 Å². The second-order valence-electron chi connectivity index (χ2n) is 6.96. The molecule has 3 N–H and O–H groups in total. The normalized spacial score (nSPS) is 16.2. The van der Waals surface area contributed by atoms with Gasteiger partial charge in [0.2, 0.25) is 5.75 Å². The Hall–Kier alpha value is -2.66. The lowest BCUT2D eigenvalue weighted by Crippen LogP contribution is -2.87. The molecule has 1 atom stereocenters. The molecule has 5 heteroatoms. The predicted molar refractivity (Wildman–Crippen MR) is 106 cm³/mol. The summed E-state index contributed by atoms with van der Waals surface area (Å²) in [6.45, 7) is 3.25. The van der Waals surface area contributed by atoms with Crippen molar-refractivity contribution in [2.24, 2.45) is 0 Å². The van der Waals surface area contributed by atoms with Crippen molar-refractivity contribution in [3.63, 3.8) is 0 Å². The standard InChI is InChI=1S/C22H26N2O3/c1-5-13-6-7-17-16(10-13)15-8-9-23-20(21(15)24-17)14-11-18(25-2)22(27-4)19(12-14)26-3/h6-7,10-12,20,23-24H,5,8-9H2,1-4H3/p+1/t20-/m0/s1. The number of nitrogens with two attached hydrogens (primary N) is 1. The van der Waals surface area contributed by atoms with Crippen molar-refractivity contribution in [2.45, 2.75) is 25.8 Å². The maximum Gasteiger partial charge on any atom is 0.203 e. The predicted octanol–water partition coefficient (Wildman–Crippen LogP) is 2.97. The Morgan fingerprint density at radius 3 is 2.41 bits per heavy atom. The van der Waals surface area contributed by atoms with E-state index < -0.39 is 0 Å². The Bertz CT molecular complexity index is 952. The van der Waals surface area contributed by atoms with Gasteiger partial charge in [-0.25, -0.2) is 0 Å². The number of aromatic amines is 1. The van der Waals surface area contributed by atoms with Gasteiger partial charge in [0.1, 0.15) is 0 Å². The van der Waals surface area contributed by atoms with Gasteiger partial charge in [-0.2, -0.15) is 0 Å². The molecule has 0 bridgehead atoms. The van der Waals surface area contributed by atoms with Crippen LogP contribution in [0.4, 0.5) is 0 Å². The SMILES string of the molecule is CCc1ccc2[nH]c3c(c2c1)CC[NH2+][C@H]3c1cc(OC)c(OC)c(OC)c1. The molecule has 1 aromatic heterocycles. The zero-order valence-corrected chi connectivity index (χ0v) is 16.4. The van der Waals surface area contributed by atoms with Crippen LogP contribution in [-0.4, -0.2) is 32.9 Å². The number of ether oxygens (including phenoxy) is 3. The van der Waals surface area contributed by atoms with Gasteiger partial charge >= 0.3 is 0 Å². The molecule has 5 nitrogen and oxygen atoms in total. The van der Waals surface area contributed by atoms with E-state index in [1.165, 1.54) is 27.7 Å². The first kappa shape index (κ1) is 17.7. The molecule has 27 heavy (non-hydrogen) atoms. The molecule has 1 aliphatic heterocycles. The molecule has 2 heterocycles. The smallest absolute Gasteiger partial charge is 0.203 e. The maximum absolute atomic E-state index is 5.56. The van der Waals surface area contributed by atoms with Gasteiger partial charge in [-0.1, -0.05) is 13.0 Å². The highest BCUT2D eigenvalue weighted by Crippen LogP contribution is 2.41. The van der Waals surface area contributed by atoms with Crippen LogP contribution < -0.4 is 19.5 Å². The lowest BCUT2D eigenvalue weighted by molar-refractivity contribution is -0.690. The largest absolute Gasteiger partial charge is 0.493 e. The van der Waals surface area contributed by atoms with Gasteiger partial charge in [0.25, 0.3) is 0 Å². The molecule has 0 fully saturated rings. The lowest BCUT2D eigenvalue weighted by atomic mass is 9.93. The number of aromatic nitrogens is 1. The maximum atomic E-state index is 5.56. The van der Waals surface area contributed by atoms with Crippen LogP contribution in [0, 0.1) is 0 Å². The molecule has 2 aromatic carbocycles. The van der Waals surface area contributed by atoms with Crippen molar-refractivity contribution in [1.82, 2.24) is 4.98 Å². The second-order valence-corrected chi connectivity index (χ2v) is 6.96. The summed E-state index contributed by atoms with van der Waals surface area (Å²) < 4.78 is 16.6. The number of hydrogen-bond acceptors (Lipinski definition) is 3. The van der Waals surface area contributed by atoms with Crippen molar-refractivity contribution in [2.75, 3.05) is 27.9 Å². The molecule has 0 radical (unpaired) electrons. The van der Waals surface area contributed by atoms with Gasteiger partial charge in [0.05, 0.1) is 33.6 Å². The Balaban J connectivity index is 1.85.